The number of primary amides is 1. The maximum Gasteiger partial charge on any atom is 0.246 e. The number of nitrogens with one attached hydrogen (secondary N) is 18. The van der Waals surface area contributed by atoms with Gasteiger partial charge in [-0.25, -0.2) is 9.97 Å². The molecule has 0 saturated carbocycles. The van der Waals surface area contributed by atoms with Gasteiger partial charge in [-0.2, -0.15) is 0 Å². The Morgan fingerprint density at radius 2 is 0.746 bits per heavy atom. The second-order valence-electron chi connectivity index (χ2n) is 27.8. The van der Waals surface area contributed by atoms with Crippen molar-refractivity contribution in [1.82, 2.24) is 93.7 Å². The average molecular weight is 1630 g/mol. The van der Waals surface area contributed by atoms with Gasteiger partial charge in [-0.3, -0.25) is 63.6 Å². The van der Waals surface area contributed by atoms with Gasteiger partial charge >= 0.3 is 0 Å². The minimum Gasteiger partial charge on any atom is -0.379 e. The van der Waals surface area contributed by atoms with Crippen molar-refractivity contribution >= 4 is 98.7 Å². The van der Waals surface area contributed by atoms with Crippen LogP contribution in [0, 0.1) is 10.8 Å². The summed E-state index contributed by atoms with van der Waals surface area (Å²) in [6.07, 6.45) is 10.7. The molecular weight excluding hydrogens is 1520 g/mol. The molecule has 0 spiro atoms. The number of fused-ring (bicyclic) bond motifs is 2. The van der Waals surface area contributed by atoms with Crippen LogP contribution in [0.5, 0.6) is 0 Å². The lowest BCUT2D eigenvalue weighted by atomic mass is 10.0. The summed E-state index contributed by atoms with van der Waals surface area (Å²) in [5, 5.41) is 49.8. The third-order valence-corrected chi connectivity index (χ3v) is 18.6. The number of nitrogens with two attached hydrogens (primary N) is 3. The largest absolute Gasteiger partial charge is 0.379 e. The highest BCUT2D eigenvalue weighted by Crippen LogP contribution is 2.22. The lowest BCUT2D eigenvalue weighted by molar-refractivity contribution is -0.135. The van der Waals surface area contributed by atoms with Gasteiger partial charge in [-0.15, -0.1) is 0 Å². The molecule has 8 aromatic rings. The van der Waals surface area contributed by atoms with Crippen LogP contribution in [0.25, 0.3) is 21.8 Å². The maximum atomic E-state index is 14.6. The Bertz CT molecular complexity index is 4550. The monoisotopic (exact) mass is 1630 g/mol. The second kappa shape index (κ2) is 49.0. The number of imidazole rings is 2. The first-order valence-corrected chi connectivity index (χ1v) is 38.9. The molecule has 38 nitrogen and oxygen atoms in total. The van der Waals surface area contributed by atoms with E-state index in [1.165, 1.54) is 25.8 Å². The summed E-state index contributed by atoms with van der Waals surface area (Å²) < 4.78 is 22.5. The SMILES string of the molecule is CC(=O)N[C@@H](Cc1c[nH]cn1)C(=O)N[C@H](Cc1ccccc1)C(=O)N[C@@H](CCCNC(=N)N)C(=O)N[C@@H](Cc1c[nH]c2ccccc12)C(=O)NCCCOCCOCCOCCCNC(=O)COCC(=O)N[C@@H](Cc1c[nH]cn1)C(=O)N[C@H](Cc1ccccc1)C(=O)N[C@@H](CCCNC(=N)N)C(=O)N[C@@H](Cc1c[nH]c2ccccc12)C(N)=O. The summed E-state index contributed by atoms with van der Waals surface area (Å²) >= 11 is 0. The number of aromatic nitrogens is 6. The molecule has 4 aromatic heterocycles. The van der Waals surface area contributed by atoms with Crippen molar-refractivity contribution in [3.63, 3.8) is 0 Å². The number of amides is 11. The zero-order valence-electron chi connectivity index (χ0n) is 65.7. The number of benzene rings is 4. The van der Waals surface area contributed by atoms with E-state index in [0.29, 0.717) is 40.9 Å². The summed E-state index contributed by atoms with van der Waals surface area (Å²) in [6.45, 7) is 2.38. The van der Waals surface area contributed by atoms with E-state index in [-0.39, 0.29) is 142 Å². The summed E-state index contributed by atoms with van der Waals surface area (Å²) in [5.41, 5.74) is 22.2. The van der Waals surface area contributed by atoms with Crippen molar-refractivity contribution in [1.29, 1.82) is 10.8 Å². The first kappa shape index (κ1) is 90.5. The number of hydrogen-bond acceptors (Lipinski definition) is 19. The molecule has 11 amide bonds. The fourth-order valence-electron chi connectivity index (χ4n) is 12.7. The molecule has 0 aliphatic carbocycles. The molecule has 4 aromatic carbocycles. The van der Waals surface area contributed by atoms with E-state index in [0.717, 1.165) is 27.4 Å². The van der Waals surface area contributed by atoms with Crippen molar-refractivity contribution in [2.24, 2.45) is 17.2 Å². The van der Waals surface area contributed by atoms with Crippen LogP contribution in [-0.4, -0.2) is 234 Å². The molecule has 0 bridgehead atoms. The van der Waals surface area contributed by atoms with Crippen LogP contribution < -0.4 is 81.0 Å². The Morgan fingerprint density at radius 3 is 1.19 bits per heavy atom. The number of aromatic amines is 4. The molecule has 38 heteroatoms. The standard InChI is InChI=1S/C80H107N23O15/c1-50(104)96-67(40-55-44-86-48-94-55)77(113)101-64(36-51-16-4-2-5-17-51)75(111)99-62(25-13-27-91-80(84)85)74(110)103-66(39-54-43-93-60-23-11-9-21-58(54)60)72(108)89-29-15-31-116-33-35-117-34-32-115-30-14-28-88-69(105)46-118-47-70(106)97-68(41-56-45-87-49-95-56)78(114)102-65(37-52-18-6-3-7-19-52)76(112)98-61(24-12-26-90-79(82)83)73(109)100-63(71(81)107)38-53-42-92-59-22-10-8-20-57(53)59/h2-11,16-23,42-45,48-49,61-68,92-93H,12-15,24-41,46-47H2,1H3,(H2,81,107)(H,86,94)(H,87,95)(H,88,105)(H,89,108)(H,96,104)(H,97,106)(H,98,112)(H,99,111)(H,100,109)(H,101,113)(H,102,114)(H,103,110)(H4,82,83,90)(H4,84,85,91)/t61-,62-,63-,64+,65+,66-,67-,68-/m0/s1. The zero-order valence-corrected chi connectivity index (χ0v) is 65.7. The van der Waals surface area contributed by atoms with Gasteiger partial charge in [-0.1, -0.05) is 97.1 Å². The molecule has 4 heterocycles. The quantitative estimate of drug-likeness (QED) is 0.0121. The molecule has 118 heavy (non-hydrogen) atoms. The molecule has 0 aliphatic rings. The maximum absolute atomic E-state index is 14.6. The summed E-state index contributed by atoms with van der Waals surface area (Å²) in [7, 11) is 0. The normalized spacial score (nSPS) is 13.2. The molecule has 0 radical (unpaired) electrons. The van der Waals surface area contributed by atoms with Gasteiger partial charge in [0.1, 0.15) is 61.5 Å². The third-order valence-electron chi connectivity index (χ3n) is 18.6. The number of rotatable bonds is 54. The molecule has 8 rings (SSSR count). The van der Waals surface area contributed by atoms with Crippen LogP contribution in [0.2, 0.25) is 0 Å². The zero-order chi connectivity index (χ0) is 84.4. The minimum atomic E-state index is -1.33. The number of carbonyl (C=O) groups excluding carboxylic acids is 11. The second-order valence-corrected chi connectivity index (χ2v) is 27.8. The van der Waals surface area contributed by atoms with Crippen LogP contribution >= 0.6 is 0 Å². The van der Waals surface area contributed by atoms with E-state index in [1.54, 1.807) is 79.3 Å². The van der Waals surface area contributed by atoms with Gasteiger partial charge in [0.2, 0.25) is 65.0 Å². The minimum absolute atomic E-state index is 0.00406. The Labute approximate surface area is 680 Å². The predicted octanol–water partition coefficient (Wildman–Crippen LogP) is -1.16. The summed E-state index contributed by atoms with van der Waals surface area (Å²) in [4.78, 5) is 172. The topological polar surface area (TPSA) is 584 Å². The van der Waals surface area contributed by atoms with Gasteiger partial charge in [0.15, 0.2) is 11.9 Å². The van der Waals surface area contributed by atoms with E-state index in [9.17, 15) is 52.7 Å². The molecule has 24 N–H and O–H groups in total. The van der Waals surface area contributed by atoms with Gasteiger partial charge in [0, 0.05) is 131 Å². The number of carbonyl (C=O) groups is 11. The van der Waals surface area contributed by atoms with Crippen LogP contribution in [0.3, 0.4) is 0 Å². The first-order valence-electron chi connectivity index (χ1n) is 38.9. The van der Waals surface area contributed by atoms with Crippen LogP contribution in [0.1, 0.15) is 79.1 Å². The molecule has 632 valence electrons. The van der Waals surface area contributed by atoms with Crippen molar-refractivity contribution in [2.45, 2.75) is 132 Å². The average Bonchev–Trinajstić information content (AvgIpc) is 1.66. The number of hydrogen-bond donors (Lipinski definition) is 21. The highest BCUT2D eigenvalue weighted by molar-refractivity contribution is 5.98. The van der Waals surface area contributed by atoms with Gasteiger partial charge in [0.25, 0.3) is 0 Å². The Balaban J connectivity index is 0.742. The van der Waals surface area contributed by atoms with Gasteiger partial charge in [-0.05, 0) is 72.9 Å². The number of nitrogens with zero attached hydrogens (tertiary/aromatic N) is 2. The Morgan fingerprint density at radius 1 is 0.373 bits per heavy atom. The van der Waals surface area contributed by atoms with E-state index in [1.807, 2.05) is 48.5 Å². The van der Waals surface area contributed by atoms with E-state index in [2.05, 4.69) is 93.7 Å². The number of H-pyrrole nitrogens is 4. The van der Waals surface area contributed by atoms with Gasteiger partial charge < -0.3 is 120 Å². The highest BCUT2D eigenvalue weighted by atomic mass is 16.5. The fraction of sp³-hybridized carbons (Fsp3) is 0.412. The highest BCUT2D eigenvalue weighted by Gasteiger charge is 2.35. The third kappa shape index (κ3) is 32.0. The molecule has 0 unspecified atom stereocenters. The number of guanidine groups is 2. The molecule has 8 atom stereocenters. The van der Waals surface area contributed by atoms with Gasteiger partial charge in [0.05, 0.1) is 50.5 Å². The van der Waals surface area contributed by atoms with E-state index < -0.39 is 127 Å². The van der Waals surface area contributed by atoms with Crippen molar-refractivity contribution in [2.75, 3.05) is 79.0 Å². The number of ether oxygens (including phenoxy) is 4. The molecule has 0 aliphatic heterocycles. The lowest BCUT2D eigenvalue weighted by Gasteiger charge is -2.27. The van der Waals surface area contributed by atoms with E-state index >= 15 is 0 Å². The Hall–Kier alpha value is -13.1. The van der Waals surface area contributed by atoms with E-state index in [4.69, 9.17) is 47.0 Å². The van der Waals surface area contributed by atoms with Crippen LogP contribution in [0.15, 0.2) is 147 Å². The molecule has 0 fully saturated rings. The van der Waals surface area contributed by atoms with Crippen molar-refractivity contribution < 1.29 is 71.7 Å². The number of para-hydroxylation sites is 2. The van der Waals surface area contributed by atoms with Crippen LogP contribution in [-0.2, 0) is 110 Å². The fourth-order valence-corrected chi connectivity index (χ4v) is 12.7. The van der Waals surface area contributed by atoms with Crippen LogP contribution in [0.4, 0.5) is 0 Å². The molecule has 0 saturated heterocycles. The lowest BCUT2D eigenvalue weighted by Crippen LogP contribution is -2.59. The first-order chi connectivity index (χ1) is 57.0. The predicted molar refractivity (Wildman–Crippen MR) is 436 cm³/mol. The summed E-state index contributed by atoms with van der Waals surface area (Å²) in [6, 6.07) is 22.7. The Kier molecular flexibility index (Phi) is 37.6. The smallest absolute Gasteiger partial charge is 0.246 e. The van der Waals surface area contributed by atoms with Crippen molar-refractivity contribution in [3.8, 4) is 0 Å². The van der Waals surface area contributed by atoms with Crippen molar-refractivity contribution in [3.05, 3.63) is 180 Å². The summed E-state index contributed by atoms with van der Waals surface area (Å²) in [5.74, 6) is -8.06. The molecular formula is C80H107N23O15.